The van der Waals surface area contributed by atoms with Gasteiger partial charge in [-0.15, -0.1) is 0 Å². The second kappa shape index (κ2) is 8.37. The van der Waals surface area contributed by atoms with Gasteiger partial charge < -0.3 is 15.5 Å². The quantitative estimate of drug-likeness (QED) is 0.683. The summed E-state index contributed by atoms with van der Waals surface area (Å²) in [6, 6.07) is 21.0. The molecule has 1 heterocycles. The lowest BCUT2D eigenvalue weighted by Crippen LogP contribution is -2.42. The molecule has 1 aliphatic rings. The summed E-state index contributed by atoms with van der Waals surface area (Å²) in [5.74, 6) is -0.681. The molecular formula is C24H23N3O3. The number of para-hydroxylation sites is 2. The van der Waals surface area contributed by atoms with E-state index in [2.05, 4.69) is 10.6 Å². The predicted octanol–water partition coefficient (Wildman–Crippen LogP) is 3.78. The van der Waals surface area contributed by atoms with Crippen LogP contribution in [0.3, 0.4) is 0 Å². The molecule has 0 saturated carbocycles. The van der Waals surface area contributed by atoms with Gasteiger partial charge in [0.2, 0.25) is 17.7 Å². The van der Waals surface area contributed by atoms with Crippen LogP contribution in [0.4, 0.5) is 11.4 Å². The number of fused-ring (bicyclic) bond motifs is 2. The van der Waals surface area contributed by atoms with E-state index in [-0.39, 0.29) is 43.1 Å². The van der Waals surface area contributed by atoms with Crippen molar-refractivity contribution in [2.75, 3.05) is 16.8 Å². The first kappa shape index (κ1) is 19.6. The van der Waals surface area contributed by atoms with Crippen molar-refractivity contribution in [3.05, 3.63) is 72.3 Å². The summed E-state index contributed by atoms with van der Waals surface area (Å²) < 4.78 is 0. The largest absolute Gasteiger partial charge is 0.350 e. The minimum atomic E-state index is -0.245. The Morgan fingerprint density at radius 1 is 1.00 bits per heavy atom. The van der Waals surface area contributed by atoms with Gasteiger partial charge in [0.15, 0.2) is 0 Å². The summed E-state index contributed by atoms with van der Waals surface area (Å²) in [4.78, 5) is 38.6. The number of nitrogens with one attached hydrogen (secondary N) is 2. The van der Waals surface area contributed by atoms with Crippen LogP contribution in [0.2, 0.25) is 0 Å². The van der Waals surface area contributed by atoms with Crippen molar-refractivity contribution in [2.45, 2.75) is 25.8 Å². The third-order valence-corrected chi connectivity index (χ3v) is 5.30. The standard InChI is InChI=1S/C24H23N3O3/c1-16(18-10-6-8-17-7-2-3-9-19(17)18)25-22(28)13-14-24(30)27-15-23(29)26-20-11-4-5-12-21(20)27/h2-12,16H,13-15H2,1H3,(H,25,28)(H,26,29). The van der Waals surface area contributed by atoms with Crippen molar-refractivity contribution >= 4 is 39.9 Å². The Hall–Kier alpha value is -3.67. The zero-order valence-electron chi connectivity index (χ0n) is 16.7. The average molecular weight is 401 g/mol. The van der Waals surface area contributed by atoms with E-state index in [0.717, 1.165) is 16.3 Å². The highest BCUT2D eigenvalue weighted by Crippen LogP contribution is 2.29. The molecule has 3 amide bonds. The van der Waals surface area contributed by atoms with Crippen LogP contribution in [-0.4, -0.2) is 24.3 Å². The number of hydrogen-bond acceptors (Lipinski definition) is 3. The van der Waals surface area contributed by atoms with E-state index in [4.69, 9.17) is 0 Å². The van der Waals surface area contributed by atoms with Gasteiger partial charge in [-0.25, -0.2) is 0 Å². The van der Waals surface area contributed by atoms with Crippen LogP contribution in [0.15, 0.2) is 66.7 Å². The van der Waals surface area contributed by atoms with Crippen molar-refractivity contribution in [2.24, 2.45) is 0 Å². The Kier molecular flexibility index (Phi) is 5.48. The maximum Gasteiger partial charge on any atom is 0.244 e. The summed E-state index contributed by atoms with van der Waals surface area (Å²) in [6.07, 6.45) is 0.101. The lowest BCUT2D eigenvalue weighted by Gasteiger charge is -2.29. The first-order chi connectivity index (χ1) is 14.5. The molecule has 1 aliphatic heterocycles. The molecule has 1 unspecified atom stereocenters. The van der Waals surface area contributed by atoms with Gasteiger partial charge in [-0.3, -0.25) is 14.4 Å². The zero-order chi connectivity index (χ0) is 21.1. The van der Waals surface area contributed by atoms with Crippen LogP contribution in [0.25, 0.3) is 10.8 Å². The van der Waals surface area contributed by atoms with Crippen LogP contribution >= 0.6 is 0 Å². The van der Waals surface area contributed by atoms with E-state index in [1.54, 1.807) is 18.2 Å². The third kappa shape index (κ3) is 4.03. The maximum atomic E-state index is 12.7. The highest BCUT2D eigenvalue weighted by atomic mass is 16.2. The van der Waals surface area contributed by atoms with Crippen LogP contribution in [-0.2, 0) is 14.4 Å². The van der Waals surface area contributed by atoms with Gasteiger partial charge in [-0.05, 0) is 35.4 Å². The lowest BCUT2D eigenvalue weighted by molar-refractivity contribution is -0.126. The number of anilines is 2. The monoisotopic (exact) mass is 401 g/mol. The van der Waals surface area contributed by atoms with E-state index in [0.29, 0.717) is 11.4 Å². The molecule has 4 rings (SSSR count). The van der Waals surface area contributed by atoms with Crippen molar-refractivity contribution in [1.82, 2.24) is 5.32 Å². The summed E-state index contributed by atoms with van der Waals surface area (Å²) in [5.41, 5.74) is 2.30. The molecule has 0 radical (unpaired) electrons. The molecule has 2 N–H and O–H groups in total. The Morgan fingerprint density at radius 2 is 1.73 bits per heavy atom. The second-order valence-electron chi connectivity index (χ2n) is 7.40. The fourth-order valence-electron chi connectivity index (χ4n) is 3.83. The predicted molar refractivity (Wildman–Crippen MR) is 117 cm³/mol. The van der Waals surface area contributed by atoms with Gasteiger partial charge in [0.25, 0.3) is 0 Å². The lowest BCUT2D eigenvalue weighted by atomic mass is 9.99. The highest BCUT2D eigenvalue weighted by Gasteiger charge is 2.26. The van der Waals surface area contributed by atoms with Crippen molar-refractivity contribution in [3.63, 3.8) is 0 Å². The molecule has 0 spiro atoms. The molecule has 0 aliphatic carbocycles. The molecule has 3 aromatic carbocycles. The van der Waals surface area contributed by atoms with Crippen LogP contribution in [0, 0.1) is 0 Å². The van der Waals surface area contributed by atoms with E-state index >= 15 is 0 Å². The number of benzene rings is 3. The van der Waals surface area contributed by atoms with Gasteiger partial charge in [0.1, 0.15) is 6.54 Å². The second-order valence-corrected chi connectivity index (χ2v) is 7.40. The molecule has 30 heavy (non-hydrogen) atoms. The Balaban J connectivity index is 1.39. The van der Waals surface area contributed by atoms with E-state index < -0.39 is 0 Å². The van der Waals surface area contributed by atoms with Gasteiger partial charge in [0.05, 0.1) is 17.4 Å². The zero-order valence-corrected chi connectivity index (χ0v) is 16.7. The van der Waals surface area contributed by atoms with E-state index in [1.807, 2.05) is 55.5 Å². The fourth-order valence-corrected chi connectivity index (χ4v) is 3.83. The number of hydrogen-bond donors (Lipinski definition) is 2. The van der Waals surface area contributed by atoms with Crippen molar-refractivity contribution in [1.29, 1.82) is 0 Å². The third-order valence-electron chi connectivity index (χ3n) is 5.30. The first-order valence-corrected chi connectivity index (χ1v) is 9.99. The average Bonchev–Trinajstić information content (AvgIpc) is 2.76. The van der Waals surface area contributed by atoms with E-state index in [9.17, 15) is 14.4 Å². The Labute approximate surface area is 174 Å². The molecule has 0 saturated heterocycles. The Bertz CT molecular complexity index is 1120. The van der Waals surface area contributed by atoms with Gasteiger partial charge in [-0.1, -0.05) is 54.6 Å². The topological polar surface area (TPSA) is 78.5 Å². The molecular weight excluding hydrogens is 378 g/mol. The van der Waals surface area contributed by atoms with Gasteiger partial charge in [-0.2, -0.15) is 0 Å². The number of amides is 3. The summed E-state index contributed by atoms with van der Waals surface area (Å²) in [7, 11) is 0. The van der Waals surface area contributed by atoms with Crippen LogP contribution in [0.5, 0.6) is 0 Å². The fraction of sp³-hybridized carbons (Fsp3) is 0.208. The van der Waals surface area contributed by atoms with Gasteiger partial charge >= 0.3 is 0 Å². The molecule has 0 fully saturated rings. The number of nitrogens with zero attached hydrogens (tertiary/aromatic N) is 1. The molecule has 1 atom stereocenters. The minimum Gasteiger partial charge on any atom is -0.350 e. The van der Waals surface area contributed by atoms with Crippen LogP contribution < -0.4 is 15.5 Å². The molecule has 6 nitrogen and oxygen atoms in total. The number of carbonyl (C=O) groups excluding carboxylic acids is 3. The molecule has 0 bridgehead atoms. The highest BCUT2D eigenvalue weighted by molar-refractivity contribution is 6.10. The van der Waals surface area contributed by atoms with Gasteiger partial charge in [0, 0.05) is 12.8 Å². The van der Waals surface area contributed by atoms with E-state index in [1.165, 1.54) is 4.90 Å². The first-order valence-electron chi connectivity index (χ1n) is 9.99. The maximum absolute atomic E-state index is 12.7. The molecule has 152 valence electrons. The number of carbonyl (C=O) groups is 3. The SMILES string of the molecule is CC(NC(=O)CCC(=O)N1CC(=O)Nc2ccccc21)c1cccc2ccccc12. The van der Waals surface area contributed by atoms with Crippen molar-refractivity contribution in [3.8, 4) is 0 Å². The van der Waals surface area contributed by atoms with Crippen LogP contribution in [0.1, 0.15) is 31.4 Å². The summed E-state index contributed by atoms with van der Waals surface area (Å²) >= 11 is 0. The minimum absolute atomic E-state index is 0.0374. The van der Waals surface area contributed by atoms with Crippen molar-refractivity contribution < 1.29 is 14.4 Å². The summed E-state index contributed by atoms with van der Waals surface area (Å²) in [5, 5.41) is 7.96. The molecule has 0 aromatic heterocycles. The normalized spacial score (nSPS) is 14.0. The molecule has 6 heteroatoms. The smallest absolute Gasteiger partial charge is 0.244 e. The number of rotatable bonds is 5. The Morgan fingerprint density at radius 3 is 2.60 bits per heavy atom. The summed E-state index contributed by atoms with van der Waals surface area (Å²) in [6.45, 7) is 1.90. The molecule has 3 aromatic rings.